The summed E-state index contributed by atoms with van der Waals surface area (Å²) < 4.78 is 18.5. The summed E-state index contributed by atoms with van der Waals surface area (Å²) in [5.41, 5.74) is 7.68. The minimum Gasteiger partial charge on any atom is -0.508 e. The molecule has 6 nitrogen and oxygen atoms in total. The molecule has 0 unspecified atom stereocenters. The molecule has 3 N–H and O–H groups in total. The molecule has 32 heavy (non-hydrogen) atoms. The Morgan fingerprint density at radius 3 is 2.12 bits per heavy atom. The molecular weight excluding hydrogens is 411 g/mol. The van der Waals surface area contributed by atoms with Gasteiger partial charge in [-0.05, 0) is 29.3 Å². The number of nitrogens with one attached hydrogen (secondary N) is 2. The summed E-state index contributed by atoms with van der Waals surface area (Å²) >= 11 is 0. The number of hydrazine groups is 1. The lowest BCUT2D eigenvalue weighted by atomic mass is 9.96. The van der Waals surface area contributed by atoms with E-state index < -0.39 is 18.5 Å². The second-order valence-corrected chi connectivity index (χ2v) is 6.97. The lowest BCUT2D eigenvalue weighted by Crippen LogP contribution is -2.41. The molecule has 2 amide bonds. The number of hydrogen-bond donors (Lipinski definition) is 3. The van der Waals surface area contributed by atoms with Crippen molar-refractivity contribution < 1.29 is 23.5 Å². The molecule has 0 fully saturated rings. The Labute approximate surface area is 183 Å². The van der Waals surface area contributed by atoms with Gasteiger partial charge in [-0.15, -0.1) is 0 Å². The van der Waals surface area contributed by atoms with Gasteiger partial charge < -0.3 is 9.52 Å². The maximum absolute atomic E-state index is 12.9. The Kier molecular flexibility index (Phi) is 5.98. The van der Waals surface area contributed by atoms with Gasteiger partial charge in [0.15, 0.2) is 0 Å². The summed E-state index contributed by atoms with van der Waals surface area (Å²) in [6, 6.07) is 22.6. The number of hydrogen-bond acceptors (Lipinski definition) is 4. The van der Waals surface area contributed by atoms with Crippen LogP contribution in [0.25, 0.3) is 22.3 Å². The fourth-order valence-corrected chi connectivity index (χ4v) is 3.32. The lowest BCUT2D eigenvalue weighted by Gasteiger charge is -2.10. The number of carbonyl (C=O) groups is 2. The van der Waals surface area contributed by atoms with E-state index >= 15 is 0 Å². The zero-order chi connectivity index (χ0) is 22.5. The Hall–Kier alpha value is -4.39. The van der Waals surface area contributed by atoms with Crippen molar-refractivity contribution in [3.05, 3.63) is 102 Å². The third-order valence-corrected chi connectivity index (χ3v) is 4.92. The number of alkyl halides is 1. The molecule has 4 rings (SSSR count). The number of phenols is 1. The smallest absolute Gasteiger partial charge is 0.306 e. The summed E-state index contributed by atoms with van der Waals surface area (Å²) in [6.45, 7) is -0.922. The molecule has 3 aromatic carbocycles. The van der Waals surface area contributed by atoms with E-state index in [9.17, 15) is 19.1 Å². The molecule has 0 saturated heterocycles. The standard InChI is InChI=1S/C25H19FN2O4/c26-14-19-13-18(11-12-21(19)29)24(30)27-28-25(31)23-22(17-9-5-2-6-10-17)20(15-32-23)16-7-3-1-4-8-16/h1-13,15,29H,14H2,(H,27,30)(H,28,31). The Morgan fingerprint density at radius 2 is 1.47 bits per heavy atom. The predicted octanol–water partition coefficient (Wildman–Crippen LogP) is 4.86. The number of phenolic OH excluding ortho intramolecular Hbond substituents is 1. The van der Waals surface area contributed by atoms with Gasteiger partial charge in [0.1, 0.15) is 12.4 Å². The van der Waals surface area contributed by atoms with Gasteiger partial charge in [0.2, 0.25) is 5.76 Å². The second kappa shape index (κ2) is 9.18. The van der Waals surface area contributed by atoms with E-state index in [4.69, 9.17) is 4.42 Å². The minimum atomic E-state index is -0.922. The molecule has 0 saturated carbocycles. The first-order valence-electron chi connectivity index (χ1n) is 9.79. The first-order valence-corrected chi connectivity index (χ1v) is 9.79. The molecule has 0 aliphatic carbocycles. The van der Waals surface area contributed by atoms with Crippen molar-refractivity contribution in [3.63, 3.8) is 0 Å². The topological polar surface area (TPSA) is 91.6 Å². The van der Waals surface area contributed by atoms with Gasteiger partial charge in [-0.1, -0.05) is 60.7 Å². The SMILES string of the molecule is O=C(NNC(=O)c1occ(-c2ccccc2)c1-c1ccccc1)c1ccc(O)c(CF)c1. The van der Waals surface area contributed by atoms with Crippen molar-refractivity contribution in [3.8, 4) is 28.0 Å². The summed E-state index contributed by atoms with van der Waals surface area (Å²) in [4.78, 5) is 25.3. The zero-order valence-electron chi connectivity index (χ0n) is 16.8. The van der Waals surface area contributed by atoms with E-state index in [2.05, 4.69) is 10.9 Å². The number of amides is 2. The molecule has 0 aliphatic heterocycles. The largest absolute Gasteiger partial charge is 0.508 e. The molecule has 160 valence electrons. The number of benzene rings is 3. The molecular formula is C25H19FN2O4. The molecule has 4 aromatic rings. The maximum atomic E-state index is 12.9. The van der Waals surface area contributed by atoms with E-state index in [1.807, 2.05) is 60.7 Å². The van der Waals surface area contributed by atoms with Gasteiger partial charge in [0.25, 0.3) is 5.91 Å². The summed E-state index contributed by atoms with van der Waals surface area (Å²) in [6.07, 6.45) is 1.50. The number of aromatic hydroxyl groups is 1. The van der Waals surface area contributed by atoms with Crippen molar-refractivity contribution >= 4 is 11.8 Å². The van der Waals surface area contributed by atoms with Crippen molar-refractivity contribution in [1.82, 2.24) is 10.9 Å². The van der Waals surface area contributed by atoms with E-state index in [0.29, 0.717) is 5.56 Å². The second-order valence-electron chi connectivity index (χ2n) is 6.97. The highest BCUT2D eigenvalue weighted by atomic mass is 19.1. The Morgan fingerprint density at radius 1 is 0.844 bits per heavy atom. The number of furan rings is 1. The van der Waals surface area contributed by atoms with Gasteiger partial charge in [-0.2, -0.15) is 0 Å². The number of carbonyl (C=O) groups excluding carboxylic acids is 2. The summed E-state index contributed by atoms with van der Waals surface area (Å²) in [7, 11) is 0. The van der Waals surface area contributed by atoms with Crippen LogP contribution >= 0.6 is 0 Å². The summed E-state index contributed by atoms with van der Waals surface area (Å²) in [5.74, 6) is -1.52. The van der Waals surface area contributed by atoms with Gasteiger partial charge in [-0.25, -0.2) is 4.39 Å². The highest BCUT2D eigenvalue weighted by Gasteiger charge is 2.23. The lowest BCUT2D eigenvalue weighted by molar-refractivity contribution is 0.0831. The average Bonchev–Trinajstić information content (AvgIpc) is 3.29. The minimum absolute atomic E-state index is 0.0196. The van der Waals surface area contributed by atoms with Crippen LogP contribution in [0.5, 0.6) is 5.75 Å². The Bertz CT molecular complexity index is 1250. The molecule has 0 spiro atoms. The normalized spacial score (nSPS) is 10.5. The van der Waals surface area contributed by atoms with Crippen molar-refractivity contribution in [2.45, 2.75) is 6.67 Å². The van der Waals surface area contributed by atoms with Crippen LogP contribution in [0.2, 0.25) is 0 Å². The van der Waals surface area contributed by atoms with Gasteiger partial charge in [0, 0.05) is 22.3 Å². The van der Waals surface area contributed by atoms with Crippen molar-refractivity contribution in [2.75, 3.05) is 0 Å². The molecule has 7 heteroatoms. The van der Waals surface area contributed by atoms with Gasteiger partial charge >= 0.3 is 5.91 Å². The van der Waals surface area contributed by atoms with Crippen LogP contribution in [-0.4, -0.2) is 16.9 Å². The molecule has 0 bridgehead atoms. The fraction of sp³-hybridized carbons (Fsp3) is 0.0400. The quantitative estimate of drug-likeness (QED) is 0.394. The number of halogens is 1. The summed E-state index contributed by atoms with van der Waals surface area (Å²) in [5, 5.41) is 9.56. The molecule has 0 atom stereocenters. The maximum Gasteiger partial charge on any atom is 0.306 e. The van der Waals surface area contributed by atoms with Gasteiger partial charge in [0.05, 0.1) is 6.26 Å². The highest BCUT2D eigenvalue weighted by Crippen LogP contribution is 2.36. The van der Waals surface area contributed by atoms with Crippen LogP contribution in [0.4, 0.5) is 4.39 Å². The van der Waals surface area contributed by atoms with E-state index in [1.165, 1.54) is 24.5 Å². The van der Waals surface area contributed by atoms with E-state index in [1.54, 1.807) is 0 Å². The first kappa shape index (κ1) is 20.9. The van der Waals surface area contributed by atoms with Crippen LogP contribution in [0.15, 0.2) is 89.5 Å². The van der Waals surface area contributed by atoms with Crippen LogP contribution in [0.3, 0.4) is 0 Å². The van der Waals surface area contributed by atoms with Gasteiger partial charge in [-0.3, -0.25) is 20.4 Å². The third-order valence-electron chi connectivity index (χ3n) is 4.92. The highest BCUT2D eigenvalue weighted by molar-refractivity contribution is 6.04. The molecule has 1 aromatic heterocycles. The van der Waals surface area contributed by atoms with Crippen molar-refractivity contribution in [1.29, 1.82) is 0 Å². The average molecular weight is 430 g/mol. The fourth-order valence-electron chi connectivity index (χ4n) is 3.32. The molecule has 0 radical (unpaired) electrons. The third kappa shape index (κ3) is 4.22. The number of rotatable bonds is 5. The zero-order valence-corrected chi connectivity index (χ0v) is 16.8. The predicted molar refractivity (Wildman–Crippen MR) is 117 cm³/mol. The van der Waals surface area contributed by atoms with Crippen LogP contribution in [0, 0.1) is 0 Å². The Balaban J connectivity index is 1.60. The molecule has 1 heterocycles. The van der Waals surface area contributed by atoms with Crippen LogP contribution in [0.1, 0.15) is 26.5 Å². The van der Waals surface area contributed by atoms with Crippen LogP contribution in [-0.2, 0) is 6.67 Å². The van der Waals surface area contributed by atoms with E-state index in [0.717, 1.165) is 16.7 Å². The first-order chi connectivity index (χ1) is 15.6. The van der Waals surface area contributed by atoms with Crippen LogP contribution < -0.4 is 10.9 Å². The van der Waals surface area contributed by atoms with Crippen molar-refractivity contribution in [2.24, 2.45) is 0 Å². The van der Waals surface area contributed by atoms with E-state index in [-0.39, 0.29) is 22.6 Å². The molecule has 0 aliphatic rings. The monoisotopic (exact) mass is 430 g/mol.